The minimum absolute atomic E-state index is 0. The van der Waals surface area contributed by atoms with Crippen molar-refractivity contribution < 1.29 is 52.0 Å². The van der Waals surface area contributed by atoms with E-state index in [0.29, 0.717) is 5.69 Å². The second-order valence-electron chi connectivity index (χ2n) is 8.42. The zero-order chi connectivity index (χ0) is 23.8. The third-order valence-corrected chi connectivity index (χ3v) is 6.41. The fourth-order valence-corrected chi connectivity index (χ4v) is 4.34. The summed E-state index contributed by atoms with van der Waals surface area (Å²) in [6, 6.07) is 5.62. The Labute approximate surface area is 215 Å². The number of rotatable bonds is 6. The molecule has 1 aliphatic heterocycles. The number of amides is 3. The Morgan fingerprint density at radius 1 is 1.15 bits per heavy atom. The number of likely N-dealkylation sites (tertiary alicyclic amines) is 1. The number of benzene rings is 1. The number of para-hydroxylation sites is 1. The molecule has 1 N–H and O–H groups in total. The number of anilines is 1. The molecule has 0 aliphatic carbocycles. The van der Waals surface area contributed by atoms with Gasteiger partial charge in [0.25, 0.3) is 5.91 Å². The molecule has 3 amide bonds. The van der Waals surface area contributed by atoms with Crippen LogP contribution in [0.25, 0.3) is 4.72 Å². The van der Waals surface area contributed by atoms with Gasteiger partial charge in [0.05, 0.1) is 13.1 Å². The predicted octanol–water partition coefficient (Wildman–Crippen LogP) is 0.759. The molecule has 2 heterocycles. The van der Waals surface area contributed by atoms with E-state index < -0.39 is 33.2 Å². The van der Waals surface area contributed by atoms with E-state index in [2.05, 4.69) is 15.1 Å². The van der Waals surface area contributed by atoms with Crippen molar-refractivity contribution in [1.29, 1.82) is 0 Å². The van der Waals surface area contributed by atoms with E-state index >= 15 is 0 Å². The Bertz CT molecular complexity index is 1120. The number of nitrogens with zero attached hydrogens (tertiary/aromatic N) is 4. The van der Waals surface area contributed by atoms with Crippen LogP contribution in [0, 0.1) is 0 Å². The first-order chi connectivity index (χ1) is 14.9. The van der Waals surface area contributed by atoms with Crippen molar-refractivity contribution in [2.75, 3.05) is 18.4 Å². The summed E-state index contributed by atoms with van der Waals surface area (Å²) in [6.07, 6.45) is -1.08. The van der Waals surface area contributed by atoms with Gasteiger partial charge in [-0.1, -0.05) is 45.9 Å². The second-order valence-corrected chi connectivity index (χ2v) is 9.97. The third kappa shape index (κ3) is 5.95. The average Bonchev–Trinajstić information content (AvgIpc) is 3.07. The van der Waals surface area contributed by atoms with Crippen LogP contribution < -0.4 is 34.9 Å². The van der Waals surface area contributed by atoms with Gasteiger partial charge >= 0.3 is 29.6 Å². The van der Waals surface area contributed by atoms with Gasteiger partial charge in [-0.2, -0.15) is 5.10 Å². The zero-order valence-electron chi connectivity index (χ0n) is 19.7. The topological polar surface area (TPSA) is 115 Å². The van der Waals surface area contributed by atoms with E-state index in [4.69, 9.17) is 0 Å². The number of sulfonamides is 1. The van der Waals surface area contributed by atoms with Gasteiger partial charge in [0, 0.05) is 13.1 Å². The Morgan fingerprint density at radius 3 is 2.18 bits per heavy atom. The van der Waals surface area contributed by atoms with Crippen LogP contribution in [0.2, 0.25) is 0 Å². The summed E-state index contributed by atoms with van der Waals surface area (Å²) in [4.78, 5) is 26.2. The Hall–Kier alpha value is -1.95. The fraction of sp³-hybridized carbons (Fsp3) is 0.476. The molecule has 0 unspecified atom stereocenters. The summed E-state index contributed by atoms with van der Waals surface area (Å²) >= 11 is 0. The molecule has 33 heavy (non-hydrogen) atoms. The van der Waals surface area contributed by atoms with Gasteiger partial charge in [-0.25, -0.2) is 12.8 Å². The molecular formula is C21H27FN5NaO4S. The molecule has 0 saturated carbocycles. The summed E-state index contributed by atoms with van der Waals surface area (Å²) < 4.78 is 42.8. The molecule has 12 heteroatoms. The Balaban J connectivity index is 0.00000385. The first-order valence-electron chi connectivity index (χ1n) is 10.3. The minimum Gasteiger partial charge on any atom is -0.423 e. The first kappa shape index (κ1) is 27.3. The van der Waals surface area contributed by atoms with Gasteiger partial charge in [0.15, 0.2) is 11.1 Å². The smallest absolute Gasteiger partial charge is 0.423 e. The van der Waals surface area contributed by atoms with Gasteiger partial charge < -0.3 is 14.9 Å². The molecule has 1 fully saturated rings. The number of hydrogen-bond acceptors (Lipinski definition) is 5. The van der Waals surface area contributed by atoms with E-state index in [0.717, 1.165) is 21.9 Å². The van der Waals surface area contributed by atoms with Crippen LogP contribution in [0.3, 0.4) is 0 Å². The number of aromatic nitrogens is 2. The van der Waals surface area contributed by atoms with Crippen molar-refractivity contribution in [3.8, 4) is 0 Å². The summed E-state index contributed by atoms with van der Waals surface area (Å²) in [5.41, 5.74) is 2.24. The number of halogens is 1. The molecule has 0 atom stereocenters. The molecule has 1 aliphatic rings. The molecule has 2 aromatic rings. The zero-order valence-corrected chi connectivity index (χ0v) is 22.5. The predicted molar refractivity (Wildman–Crippen MR) is 118 cm³/mol. The molecule has 0 spiro atoms. The molecule has 0 bridgehead atoms. The molecule has 174 valence electrons. The molecule has 0 radical (unpaired) electrons. The second kappa shape index (κ2) is 10.5. The van der Waals surface area contributed by atoms with Gasteiger partial charge in [0.2, 0.25) is 10.0 Å². The van der Waals surface area contributed by atoms with Crippen molar-refractivity contribution in [3.05, 3.63) is 45.8 Å². The quantitative estimate of drug-likeness (QED) is 0.604. The Morgan fingerprint density at radius 2 is 1.70 bits per heavy atom. The van der Waals surface area contributed by atoms with Gasteiger partial charge in [0.1, 0.15) is 11.9 Å². The fourth-order valence-electron chi connectivity index (χ4n) is 3.50. The van der Waals surface area contributed by atoms with Crippen molar-refractivity contribution in [2.45, 2.75) is 50.7 Å². The average molecular weight is 488 g/mol. The van der Waals surface area contributed by atoms with E-state index in [-0.39, 0.29) is 60.2 Å². The van der Waals surface area contributed by atoms with Crippen LogP contribution in [-0.2, 0) is 17.1 Å². The Kier molecular flexibility index (Phi) is 8.72. The van der Waals surface area contributed by atoms with Crippen molar-refractivity contribution in [1.82, 2.24) is 14.7 Å². The maximum atomic E-state index is 13.0. The molecule has 3 rings (SSSR count). The largest absolute Gasteiger partial charge is 1.00 e. The normalized spacial score (nSPS) is 14.1. The molecule has 1 aromatic heterocycles. The summed E-state index contributed by atoms with van der Waals surface area (Å²) in [6.45, 7) is 7.79. The van der Waals surface area contributed by atoms with Crippen molar-refractivity contribution in [3.63, 3.8) is 0 Å². The van der Waals surface area contributed by atoms with E-state index in [9.17, 15) is 22.4 Å². The number of hydrogen-bond donors (Lipinski definition) is 1. The summed E-state index contributed by atoms with van der Waals surface area (Å²) in [5.74, 6) is -0.349. The summed E-state index contributed by atoms with van der Waals surface area (Å²) in [7, 11) is -3.07. The number of urea groups is 1. The molecular weight excluding hydrogens is 460 g/mol. The first-order valence-corrected chi connectivity index (χ1v) is 11.7. The maximum absolute atomic E-state index is 13.0. The molecule has 9 nitrogen and oxygen atoms in total. The summed E-state index contributed by atoms with van der Waals surface area (Å²) in [5, 5.41) is 5.92. The van der Waals surface area contributed by atoms with Crippen LogP contribution in [0.1, 0.15) is 61.1 Å². The number of carbonyl (C=O) groups excluding carboxylic acids is 2. The number of carbonyl (C=O) groups is 2. The number of nitrogens with one attached hydrogen (secondary N) is 1. The molecule has 1 saturated heterocycles. The van der Waals surface area contributed by atoms with E-state index in [1.807, 2.05) is 45.9 Å². The van der Waals surface area contributed by atoms with Crippen LogP contribution >= 0.6 is 0 Å². The van der Waals surface area contributed by atoms with E-state index in [1.165, 1.54) is 11.9 Å². The van der Waals surface area contributed by atoms with Crippen molar-refractivity contribution in [2.24, 2.45) is 7.05 Å². The van der Waals surface area contributed by atoms with Crippen molar-refractivity contribution >= 4 is 27.6 Å². The van der Waals surface area contributed by atoms with Crippen LogP contribution in [0.4, 0.5) is 14.9 Å². The van der Waals surface area contributed by atoms with Crippen LogP contribution in [0.5, 0.6) is 0 Å². The molecule has 1 aromatic carbocycles. The maximum Gasteiger partial charge on any atom is 1.00 e. The van der Waals surface area contributed by atoms with Gasteiger partial charge in [-0.15, -0.1) is 0 Å². The standard InChI is InChI=1S/C21H28FN5O4S.Na/c1-12(2)15-7-6-8-16(13(3)4)19(15)23-21(29)25-32(30,31)18-9-17(26(5)24-18)20(28)27-10-14(22)11-27;/h6-9,12-14H,10-11H2,1-5H3,(H2,23,25,29);/q;+1/p-1. The minimum atomic E-state index is -4.47. The SMILES string of the molecule is CC(C)c1cccc(C(C)C)c1NC(=O)[N-]S(=O)(=O)c1cc(C(=O)N2CC(F)C2)n(C)n1.[Na+]. The monoisotopic (exact) mass is 487 g/mol. The number of aryl methyl sites for hydroxylation is 1. The van der Waals surface area contributed by atoms with Gasteiger partial charge in [-0.05, 0) is 28.7 Å². The van der Waals surface area contributed by atoms with Gasteiger partial charge in [-0.3, -0.25) is 14.3 Å². The third-order valence-electron chi connectivity index (χ3n) is 5.27. The van der Waals surface area contributed by atoms with Crippen LogP contribution in [0.15, 0.2) is 29.3 Å². The van der Waals surface area contributed by atoms with Crippen LogP contribution in [-0.4, -0.2) is 54.3 Å². The van der Waals surface area contributed by atoms with E-state index in [1.54, 1.807) is 0 Å². The number of alkyl halides is 1.